The average Bonchev–Trinajstić information content (AvgIpc) is 2.39. The predicted molar refractivity (Wildman–Crippen MR) is 71.5 cm³/mol. The molecule has 18 heavy (non-hydrogen) atoms. The summed E-state index contributed by atoms with van der Waals surface area (Å²) in [5.41, 5.74) is 0. The van der Waals surface area contributed by atoms with Crippen molar-refractivity contribution in [2.45, 2.75) is 45.2 Å². The molecule has 0 aromatic carbocycles. The molecule has 1 unspecified atom stereocenters. The first-order valence-corrected chi connectivity index (χ1v) is 6.66. The third-order valence-corrected chi connectivity index (χ3v) is 3.12. The van der Waals surface area contributed by atoms with E-state index in [4.69, 9.17) is 0 Å². The van der Waals surface area contributed by atoms with E-state index in [0.29, 0.717) is 6.04 Å². The molecule has 2 rings (SSSR count). The third-order valence-electron chi connectivity index (χ3n) is 3.12. The van der Waals surface area contributed by atoms with E-state index >= 15 is 0 Å². The van der Waals surface area contributed by atoms with Crippen LogP contribution in [-0.2, 0) is 0 Å². The zero-order valence-corrected chi connectivity index (χ0v) is 11.1. The van der Waals surface area contributed by atoms with Gasteiger partial charge in [0, 0.05) is 25.3 Å². The quantitative estimate of drug-likeness (QED) is 0.820. The van der Waals surface area contributed by atoms with Crippen molar-refractivity contribution in [2.75, 3.05) is 13.1 Å². The molecule has 2 heterocycles. The molecule has 0 saturated carbocycles. The predicted octanol–water partition coefficient (Wildman–Crippen LogP) is 1.46. The highest BCUT2D eigenvalue weighted by molar-refractivity contribution is 5.70. The fourth-order valence-corrected chi connectivity index (χ4v) is 2.29. The zero-order chi connectivity index (χ0) is 13.0. The Morgan fingerprint density at radius 1 is 1.39 bits per heavy atom. The molecule has 1 N–H and O–H groups in total. The van der Waals surface area contributed by atoms with Crippen LogP contribution in [0.15, 0.2) is 17.0 Å². The molecule has 0 spiro atoms. The number of nitrogens with zero attached hydrogens (tertiary/aromatic N) is 4. The molecule has 1 atom stereocenters. The third kappa shape index (κ3) is 3.02. The van der Waals surface area contributed by atoms with Gasteiger partial charge in [-0.3, -0.25) is 5.01 Å². The Bertz CT molecular complexity index is 373. The number of piperidine rings is 1. The molecule has 5 nitrogen and oxygen atoms in total. The van der Waals surface area contributed by atoms with Gasteiger partial charge < -0.3 is 5.32 Å². The van der Waals surface area contributed by atoms with Crippen molar-refractivity contribution in [2.24, 2.45) is 4.99 Å². The van der Waals surface area contributed by atoms with Crippen LogP contribution >= 0.6 is 0 Å². The fraction of sp³-hybridized carbons (Fsp3) is 0.692. The first-order valence-electron chi connectivity index (χ1n) is 6.66. The molecule has 0 aliphatic carbocycles. The lowest BCUT2D eigenvalue weighted by atomic mass is 10.1. The lowest BCUT2D eigenvalue weighted by Gasteiger charge is -2.39. The fourth-order valence-electron chi connectivity index (χ4n) is 2.29. The van der Waals surface area contributed by atoms with Gasteiger partial charge in [-0.1, -0.05) is 6.42 Å². The van der Waals surface area contributed by atoms with Crippen molar-refractivity contribution in [1.29, 1.82) is 5.26 Å². The maximum Gasteiger partial charge on any atom is 0.166 e. The number of hydrogen-bond acceptors (Lipinski definition) is 5. The van der Waals surface area contributed by atoms with Crippen LogP contribution in [0.1, 0.15) is 33.1 Å². The van der Waals surface area contributed by atoms with E-state index in [1.54, 1.807) is 6.21 Å². The van der Waals surface area contributed by atoms with E-state index in [1.165, 1.54) is 19.3 Å². The molecule has 5 heteroatoms. The summed E-state index contributed by atoms with van der Waals surface area (Å²) >= 11 is 0. The second-order valence-corrected chi connectivity index (χ2v) is 5.06. The molecule has 0 amide bonds. The summed E-state index contributed by atoms with van der Waals surface area (Å²) < 4.78 is 0. The monoisotopic (exact) mass is 247 g/mol. The molecule has 0 radical (unpaired) electrons. The largest absolute Gasteiger partial charge is 0.367 e. The van der Waals surface area contributed by atoms with E-state index in [9.17, 15) is 5.26 Å². The molecular formula is C13H21N5. The number of hydrazine groups is 1. The van der Waals surface area contributed by atoms with Crippen molar-refractivity contribution < 1.29 is 0 Å². The summed E-state index contributed by atoms with van der Waals surface area (Å²) in [4.78, 5) is 4.30. The van der Waals surface area contributed by atoms with Crippen LogP contribution in [0.5, 0.6) is 0 Å². The summed E-state index contributed by atoms with van der Waals surface area (Å²) in [6.45, 7) is 6.21. The van der Waals surface area contributed by atoms with E-state index in [1.807, 2.05) is 11.2 Å². The molecule has 2 aliphatic rings. The summed E-state index contributed by atoms with van der Waals surface area (Å²) in [7, 11) is 0. The lowest BCUT2D eigenvalue weighted by molar-refractivity contribution is -0.0000811. The van der Waals surface area contributed by atoms with Crippen molar-refractivity contribution in [3.8, 4) is 6.07 Å². The van der Waals surface area contributed by atoms with Crippen LogP contribution < -0.4 is 5.32 Å². The molecule has 98 valence electrons. The second-order valence-electron chi connectivity index (χ2n) is 5.06. The Morgan fingerprint density at radius 2 is 2.11 bits per heavy atom. The van der Waals surface area contributed by atoms with Gasteiger partial charge in [-0.2, -0.15) is 5.26 Å². The van der Waals surface area contributed by atoms with Gasteiger partial charge in [-0.25, -0.2) is 10.0 Å². The minimum Gasteiger partial charge on any atom is -0.367 e. The van der Waals surface area contributed by atoms with Gasteiger partial charge in [0.05, 0.1) is 12.3 Å². The molecule has 2 aliphatic heterocycles. The highest BCUT2D eigenvalue weighted by Gasteiger charge is 2.25. The van der Waals surface area contributed by atoms with Gasteiger partial charge >= 0.3 is 0 Å². The van der Waals surface area contributed by atoms with Crippen molar-refractivity contribution in [3.63, 3.8) is 0 Å². The zero-order valence-electron chi connectivity index (χ0n) is 11.1. The SMILES string of the molecule is CC(C)NC1=CN(N2CCCCC2)C(C#N)C=N1. The maximum atomic E-state index is 9.20. The van der Waals surface area contributed by atoms with Crippen LogP contribution in [0.3, 0.4) is 0 Å². The van der Waals surface area contributed by atoms with Gasteiger partial charge in [0.2, 0.25) is 0 Å². The first kappa shape index (κ1) is 12.9. The van der Waals surface area contributed by atoms with Crippen molar-refractivity contribution >= 4 is 6.21 Å². The Balaban J connectivity index is 2.10. The maximum absolute atomic E-state index is 9.20. The van der Waals surface area contributed by atoms with Crippen molar-refractivity contribution in [1.82, 2.24) is 15.3 Å². The number of nitrogens with one attached hydrogen (secondary N) is 1. The van der Waals surface area contributed by atoms with Gasteiger partial charge in [-0.15, -0.1) is 0 Å². The number of rotatable bonds is 3. The Labute approximate surface area is 109 Å². The first-order chi connectivity index (χ1) is 8.70. The molecular weight excluding hydrogens is 226 g/mol. The van der Waals surface area contributed by atoms with Gasteiger partial charge in [0.1, 0.15) is 5.82 Å². The highest BCUT2D eigenvalue weighted by atomic mass is 15.6. The minimum absolute atomic E-state index is 0.277. The highest BCUT2D eigenvalue weighted by Crippen LogP contribution is 2.17. The second kappa shape index (κ2) is 5.87. The Hall–Kier alpha value is -1.54. The van der Waals surface area contributed by atoms with Crippen LogP contribution in [0.4, 0.5) is 0 Å². The normalized spacial score (nSPS) is 24.9. The van der Waals surface area contributed by atoms with Crippen LogP contribution in [0.25, 0.3) is 0 Å². The molecule has 1 fully saturated rings. The smallest absolute Gasteiger partial charge is 0.166 e. The number of nitriles is 1. The molecule has 0 bridgehead atoms. The van der Waals surface area contributed by atoms with Crippen molar-refractivity contribution in [3.05, 3.63) is 12.0 Å². The van der Waals surface area contributed by atoms with Crippen LogP contribution in [-0.4, -0.2) is 41.4 Å². The van der Waals surface area contributed by atoms with E-state index < -0.39 is 0 Å². The summed E-state index contributed by atoms with van der Waals surface area (Å²) in [5, 5.41) is 16.8. The molecule has 0 aromatic heterocycles. The summed E-state index contributed by atoms with van der Waals surface area (Å²) in [5.74, 6) is 0.835. The minimum atomic E-state index is -0.277. The number of aliphatic imine (C=N–C) groups is 1. The van der Waals surface area contributed by atoms with Gasteiger partial charge in [0.15, 0.2) is 6.04 Å². The number of hydrogen-bond donors (Lipinski definition) is 1. The Kier molecular flexibility index (Phi) is 4.21. The summed E-state index contributed by atoms with van der Waals surface area (Å²) in [6, 6.07) is 2.35. The van der Waals surface area contributed by atoms with Crippen LogP contribution in [0.2, 0.25) is 0 Å². The lowest BCUT2D eigenvalue weighted by Crippen LogP contribution is -2.49. The molecule has 0 aromatic rings. The molecule has 1 saturated heterocycles. The standard InChI is InChI=1S/C13H21N5/c1-11(2)16-13-10-18(12(8-14)9-15-13)17-6-4-3-5-7-17/h9-12,16H,3-7H2,1-2H3. The van der Waals surface area contributed by atoms with E-state index in [0.717, 1.165) is 18.9 Å². The topological polar surface area (TPSA) is 54.7 Å². The average molecular weight is 247 g/mol. The Morgan fingerprint density at radius 3 is 2.72 bits per heavy atom. The van der Waals surface area contributed by atoms with Gasteiger partial charge in [-0.05, 0) is 26.7 Å². The summed E-state index contributed by atoms with van der Waals surface area (Å²) in [6.07, 6.45) is 7.37. The van der Waals surface area contributed by atoms with Crippen LogP contribution in [0, 0.1) is 11.3 Å². The van der Waals surface area contributed by atoms with Gasteiger partial charge in [0.25, 0.3) is 0 Å². The van der Waals surface area contributed by atoms with E-state index in [2.05, 4.69) is 35.2 Å². The van der Waals surface area contributed by atoms with E-state index in [-0.39, 0.29) is 6.04 Å².